The van der Waals surface area contributed by atoms with Crippen LogP contribution in [0.3, 0.4) is 0 Å². The molecule has 1 rings (SSSR count). The summed E-state index contributed by atoms with van der Waals surface area (Å²) >= 11 is 0. The number of carboxylic acids is 1. The minimum Gasteiger partial charge on any atom is -0.508 e. The molecule has 3 atom stereocenters. The average molecular weight is 439 g/mol. The molecular formula is C18H25N5O8. The van der Waals surface area contributed by atoms with E-state index in [-0.39, 0.29) is 12.2 Å². The first-order valence-electron chi connectivity index (χ1n) is 9.06. The highest BCUT2D eigenvalue weighted by Crippen LogP contribution is 2.11. The van der Waals surface area contributed by atoms with Gasteiger partial charge in [-0.05, 0) is 24.1 Å². The van der Waals surface area contributed by atoms with Crippen molar-refractivity contribution in [1.82, 2.24) is 16.0 Å². The zero-order chi connectivity index (χ0) is 23.6. The van der Waals surface area contributed by atoms with Gasteiger partial charge in [0.25, 0.3) is 0 Å². The number of aromatic hydroxyl groups is 1. The lowest BCUT2D eigenvalue weighted by Crippen LogP contribution is -2.57. The Balaban J connectivity index is 2.78. The Hall–Kier alpha value is -3.71. The third-order valence-corrected chi connectivity index (χ3v) is 4.00. The van der Waals surface area contributed by atoms with Gasteiger partial charge in [-0.1, -0.05) is 12.1 Å². The highest BCUT2D eigenvalue weighted by atomic mass is 16.4. The summed E-state index contributed by atoms with van der Waals surface area (Å²) in [6.07, 6.45) is -0.549. The normalized spacial score (nSPS) is 13.4. The predicted molar refractivity (Wildman–Crippen MR) is 105 cm³/mol. The topological polar surface area (TPSA) is 234 Å². The number of hydrogen-bond donors (Lipinski definition) is 8. The van der Waals surface area contributed by atoms with E-state index >= 15 is 0 Å². The fourth-order valence-corrected chi connectivity index (χ4v) is 2.42. The number of phenolic OH excluding ortho intramolecular Hbond substituents is 1. The van der Waals surface area contributed by atoms with Crippen LogP contribution in [0.1, 0.15) is 12.0 Å². The van der Waals surface area contributed by atoms with Crippen molar-refractivity contribution in [1.29, 1.82) is 0 Å². The van der Waals surface area contributed by atoms with E-state index in [1.54, 1.807) is 12.1 Å². The zero-order valence-corrected chi connectivity index (χ0v) is 16.4. The number of rotatable bonds is 12. The Bertz CT molecular complexity index is 814. The van der Waals surface area contributed by atoms with Crippen LogP contribution in [-0.4, -0.2) is 76.2 Å². The van der Waals surface area contributed by atoms with Crippen LogP contribution < -0.4 is 27.4 Å². The second-order valence-electron chi connectivity index (χ2n) is 6.56. The van der Waals surface area contributed by atoms with E-state index in [0.717, 1.165) is 0 Å². The zero-order valence-electron chi connectivity index (χ0n) is 16.4. The van der Waals surface area contributed by atoms with E-state index in [4.69, 9.17) is 16.6 Å². The lowest BCUT2D eigenvalue weighted by Gasteiger charge is -2.22. The maximum Gasteiger partial charge on any atom is 0.322 e. The summed E-state index contributed by atoms with van der Waals surface area (Å²) in [4.78, 5) is 58.5. The number of primary amides is 1. The van der Waals surface area contributed by atoms with E-state index in [9.17, 15) is 34.2 Å². The van der Waals surface area contributed by atoms with Crippen molar-refractivity contribution in [3.8, 4) is 5.75 Å². The molecule has 13 nitrogen and oxygen atoms in total. The summed E-state index contributed by atoms with van der Waals surface area (Å²) < 4.78 is 0. The van der Waals surface area contributed by atoms with Crippen LogP contribution >= 0.6 is 0 Å². The summed E-state index contributed by atoms with van der Waals surface area (Å²) in [5.74, 6) is -5.00. The van der Waals surface area contributed by atoms with Gasteiger partial charge in [-0.25, -0.2) is 0 Å². The fraction of sp³-hybridized carbons (Fsp3) is 0.389. The van der Waals surface area contributed by atoms with E-state index in [0.29, 0.717) is 5.56 Å². The first-order chi connectivity index (χ1) is 14.5. The molecule has 0 aliphatic rings. The molecule has 0 radical (unpaired) electrons. The number of benzene rings is 1. The Morgan fingerprint density at radius 2 is 1.52 bits per heavy atom. The first-order valence-corrected chi connectivity index (χ1v) is 9.06. The molecule has 13 heteroatoms. The quantitative estimate of drug-likeness (QED) is 0.160. The second kappa shape index (κ2) is 12.1. The van der Waals surface area contributed by atoms with E-state index in [1.807, 2.05) is 5.32 Å². The number of carbonyl (C=O) groups excluding carboxylic acids is 4. The molecule has 0 heterocycles. The molecule has 0 spiro atoms. The van der Waals surface area contributed by atoms with Gasteiger partial charge in [0, 0.05) is 0 Å². The van der Waals surface area contributed by atoms with Crippen molar-refractivity contribution in [3.63, 3.8) is 0 Å². The molecule has 1 aromatic carbocycles. The highest BCUT2D eigenvalue weighted by molar-refractivity contribution is 5.95. The minimum atomic E-state index is -1.52. The molecule has 0 aromatic heterocycles. The van der Waals surface area contributed by atoms with Gasteiger partial charge in [0.15, 0.2) is 0 Å². The molecule has 170 valence electrons. The third-order valence-electron chi connectivity index (χ3n) is 4.00. The molecule has 0 aliphatic heterocycles. The number of nitrogens with two attached hydrogens (primary N) is 2. The molecule has 0 fully saturated rings. The van der Waals surface area contributed by atoms with Crippen LogP contribution in [0.2, 0.25) is 0 Å². The summed E-state index contributed by atoms with van der Waals surface area (Å²) in [5, 5.41) is 33.5. The molecular weight excluding hydrogens is 414 g/mol. The number of amides is 4. The number of carbonyl (C=O) groups is 5. The van der Waals surface area contributed by atoms with Crippen LogP contribution in [-0.2, 0) is 30.4 Å². The molecule has 3 unspecified atom stereocenters. The SMILES string of the molecule is NC(=O)CC(NC(=O)C(N)Cc1ccc(O)cc1)C(=O)NC(CO)C(=O)NCC(=O)O. The van der Waals surface area contributed by atoms with Crippen molar-refractivity contribution in [2.45, 2.75) is 31.0 Å². The maximum absolute atomic E-state index is 12.4. The Kier molecular flexibility index (Phi) is 9.88. The van der Waals surface area contributed by atoms with Gasteiger partial charge in [-0.3, -0.25) is 24.0 Å². The standard InChI is InChI=1S/C18H25N5O8/c19-11(5-9-1-3-10(25)4-2-9)16(29)22-12(6-14(20)26)18(31)23-13(8-24)17(30)21-7-15(27)28/h1-4,11-13,24-25H,5-8,19H2,(H2,20,26)(H,21,30)(H,22,29)(H,23,31)(H,27,28). The van der Waals surface area contributed by atoms with Gasteiger partial charge in [0.05, 0.1) is 19.1 Å². The molecule has 0 bridgehead atoms. The molecule has 0 saturated heterocycles. The van der Waals surface area contributed by atoms with Gasteiger partial charge >= 0.3 is 5.97 Å². The number of aliphatic hydroxyl groups is 1. The minimum absolute atomic E-state index is 0.0331. The smallest absolute Gasteiger partial charge is 0.322 e. The second-order valence-corrected chi connectivity index (χ2v) is 6.56. The monoisotopic (exact) mass is 439 g/mol. The number of hydrogen-bond acceptors (Lipinski definition) is 8. The van der Waals surface area contributed by atoms with Gasteiger partial charge in [-0.15, -0.1) is 0 Å². The largest absolute Gasteiger partial charge is 0.508 e. The molecule has 31 heavy (non-hydrogen) atoms. The summed E-state index contributed by atoms with van der Waals surface area (Å²) in [7, 11) is 0. The van der Waals surface area contributed by atoms with Crippen molar-refractivity contribution in [2.75, 3.05) is 13.2 Å². The van der Waals surface area contributed by atoms with Crippen LogP contribution in [0.25, 0.3) is 0 Å². The molecule has 1 aromatic rings. The Morgan fingerprint density at radius 3 is 2.03 bits per heavy atom. The summed E-state index contributed by atoms with van der Waals surface area (Å²) in [6, 6.07) is 1.80. The first kappa shape index (κ1) is 25.3. The molecule has 4 amide bonds. The Morgan fingerprint density at radius 1 is 0.935 bits per heavy atom. The van der Waals surface area contributed by atoms with Crippen LogP contribution in [0.5, 0.6) is 5.75 Å². The van der Waals surface area contributed by atoms with Crippen LogP contribution in [0.15, 0.2) is 24.3 Å². The third kappa shape index (κ3) is 9.10. The molecule has 0 saturated carbocycles. The van der Waals surface area contributed by atoms with E-state index < -0.39 is 67.3 Å². The van der Waals surface area contributed by atoms with E-state index in [2.05, 4.69) is 10.6 Å². The van der Waals surface area contributed by atoms with Gasteiger partial charge in [-0.2, -0.15) is 0 Å². The van der Waals surface area contributed by atoms with Gasteiger partial charge in [0.2, 0.25) is 23.6 Å². The number of carboxylic acid groups (broad SMARTS) is 1. The number of aliphatic carboxylic acids is 1. The van der Waals surface area contributed by atoms with Crippen molar-refractivity contribution < 1.29 is 39.3 Å². The van der Waals surface area contributed by atoms with Gasteiger partial charge < -0.3 is 42.7 Å². The lowest BCUT2D eigenvalue weighted by molar-refractivity contribution is -0.139. The average Bonchev–Trinajstić information content (AvgIpc) is 2.70. The fourth-order valence-electron chi connectivity index (χ4n) is 2.42. The lowest BCUT2D eigenvalue weighted by atomic mass is 10.0. The number of phenols is 1. The highest BCUT2D eigenvalue weighted by Gasteiger charge is 2.29. The maximum atomic E-state index is 12.4. The van der Waals surface area contributed by atoms with Crippen molar-refractivity contribution in [3.05, 3.63) is 29.8 Å². The Labute approximate surface area is 176 Å². The molecule has 10 N–H and O–H groups in total. The number of nitrogens with one attached hydrogen (secondary N) is 3. The van der Waals surface area contributed by atoms with Crippen LogP contribution in [0, 0.1) is 0 Å². The predicted octanol–water partition coefficient (Wildman–Crippen LogP) is -3.70. The van der Waals surface area contributed by atoms with Crippen molar-refractivity contribution >= 4 is 29.6 Å². The summed E-state index contributed by atoms with van der Waals surface area (Å²) in [5.41, 5.74) is 11.6. The molecule has 0 aliphatic carbocycles. The van der Waals surface area contributed by atoms with Gasteiger partial charge in [0.1, 0.15) is 24.4 Å². The van der Waals surface area contributed by atoms with Crippen molar-refractivity contribution in [2.24, 2.45) is 11.5 Å². The van der Waals surface area contributed by atoms with Crippen LogP contribution in [0.4, 0.5) is 0 Å². The number of aliphatic hydroxyl groups excluding tert-OH is 1. The summed E-state index contributed by atoms with van der Waals surface area (Å²) in [6.45, 7) is -1.60. The van der Waals surface area contributed by atoms with E-state index in [1.165, 1.54) is 12.1 Å².